The van der Waals surface area contributed by atoms with Gasteiger partial charge in [-0.1, -0.05) is 12.1 Å². The summed E-state index contributed by atoms with van der Waals surface area (Å²) >= 11 is 0. The number of morpholine rings is 1. The molecule has 0 aliphatic carbocycles. The van der Waals surface area contributed by atoms with Crippen LogP contribution in [0, 0.1) is 11.3 Å². The predicted octanol–water partition coefficient (Wildman–Crippen LogP) is 3.03. The van der Waals surface area contributed by atoms with Crippen molar-refractivity contribution in [3.8, 4) is 6.07 Å². The van der Waals surface area contributed by atoms with Crippen LogP contribution < -0.4 is 15.5 Å². The molecule has 0 saturated carbocycles. The van der Waals surface area contributed by atoms with Gasteiger partial charge in [0.15, 0.2) is 0 Å². The Hall–Kier alpha value is -3.04. The molecule has 6 nitrogen and oxygen atoms in total. The van der Waals surface area contributed by atoms with Gasteiger partial charge in [-0.2, -0.15) is 5.26 Å². The monoisotopic (exact) mass is 364 g/mol. The summed E-state index contributed by atoms with van der Waals surface area (Å²) in [6, 6.07) is 17.2. The zero-order chi connectivity index (χ0) is 19.1. The molecule has 2 aromatic carbocycles. The SMILES string of the molecule is CC(Nc1ccc(CC#N)cc1)C(=O)Nc1ccc(N2CCOCC2)cc1. The summed E-state index contributed by atoms with van der Waals surface area (Å²) in [4.78, 5) is 14.7. The minimum atomic E-state index is -0.384. The van der Waals surface area contributed by atoms with Crippen molar-refractivity contribution in [3.05, 3.63) is 54.1 Å². The van der Waals surface area contributed by atoms with Crippen LogP contribution in [0.3, 0.4) is 0 Å². The first-order chi connectivity index (χ1) is 13.2. The fourth-order valence-electron chi connectivity index (χ4n) is 2.95. The topological polar surface area (TPSA) is 77.4 Å². The number of hydrogen-bond acceptors (Lipinski definition) is 5. The van der Waals surface area contributed by atoms with Crippen molar-refractivity contribution in [2.45, 2.75) is 19.4 Å². The predicted molar refractivity (Wildman–Crippen MR) is 107 cm³/mol. The van der Waals surface area contributed by atoms with Crippen molar-refractivity contribution < 1.29 is 9.53 Å². The highest BCUT2D eigenvalue weighted by Gasteiger charge is 2.14. The molecule has 0 spiro atoms. The van der Waals surface area contributed by atoms with Gasteiger partial charge < -0.3 is 20.3 Å². The van der Waals surface area contributed by atoms with Gasteiger partial charge in [-0.05, 0) is 48.9 Å². The Morgan fingerprint density at radius 3 is 2.37 bits per heavy atom. The fraction of sp³-hybridized carbons (Fsp3) is 0.333. The van der Waals surface area contributed by atoms with Crippen molar-refractivity contribution in [1.29, 1.82) is 5.26 Å². The molecule has 140 valence electrons. The van der Waals surface area contributed by atoms with E-state index in [9.17, 15) is 4.79 Å². The second-order valence-corrected chi connectivity index (χ2v) is 6.53. The van der Waals surface area contributed by atoms with E-state index in [-0.39, 0.29) is 11.9 Å². The Labute approximate surface area is 159 Å². The fourth-order valence-corrected chi connectivity index (χ4v) is 2.95. The molecule has 3 rings (SSSR count). The van der Waals surface area contributed by atoms with E-state index in [2.05, 4.69) is 21.6 Å². The van der Waals surface area contributed by atoms with Crippen LogP contribution in [0.4, 0.5) is 17.1 Å². The van der Waals surface area contributed by atoms with Gasteiger partial charge in [0.25, 0.3) is 0 Å². The minimum absolute atomic E-state index is 0.102. The highest BCUT2D eigenvalue weighted by molar-refractivity contribution is 5.96. The molecule has 1 amide bonds. The summed E-state index contributed by atoms with van der Waals surface area (Å²) in [5.41, 5.74) is 3.72. The summed E-state index contributed by atoms with van der Waals surface area (Å²) in [6.07, 6.45) is 0.386. The zero-order valence-corrected chi connectivity index (χ0v) is 15.4. The first kappa shape index (κ1) is 18.7. The molecule has 1 unspecified atom stereocenters. The van der Waals surface area contributed by atoms with Crippen LogP contribution in [0.1, 0.15) is 12.5 Å². The first-order valence-electron chi connectivity index (χ1n) is 9.12. The van der Waals surface area contributed by atoms with Crippen LogP contribution in [0.15, 0.2) is 48.5 Å². The molecule has 1 heterocycles. The Balaban J connectivity index is 1.53. The third kappa shape index (κ3) is 5.22. The lowest BCUT2D eigenvalue weighted by atomic mass is 10.1. The van der Waals surface area contributed by atoms with Crippen LogP contribution in [-0.4, -0.2) is 38.3 Å². The molecule has 1 aliphatic rings. The smallest absolute Gasteiger partial charge is 0.246 e. The van der Waals surface area contributed by atoms with Crippen LogP contribution in [0.25, 0.3) is 0 Å². The number of nitrogens with zero attached hydrogens (tertiary/aromatic N) is 2. The van der Waals surface area contributed by atoms with Gasteiger partial charge in [0.2, 0.25) is 5.91 Å². The van der Waals surface area contributed by atoms with E-state index in [4.69, 9.17) is 10.00 Å². The first-order valence-corrected chi connectivity index (χ1v) is 9.12. The summed E-state index contributed by atoms with van der Waals surface area (Å²) in [6.45, 7) is 5.10. The van der Waals surface area contributed by atoms with Crippen molar-refractivity contribution in [2.75, 3.05) is 41.8 Å². The minimum Gasteiger partial charge on any atom is -0.378 e. The average molecular weight is 364 g/mol. The van der Waals surface area contributed by atoms with Gasteiger partial charge in [0.1, 0.15) is 6.04 Å². The van der Waals surface area contributed by atoms with Crippen LogP contribution >= 0.6 is 0 Å². The third-order valence-corrected chi connectivity index (χ3v) is 4.52. The van der Waals surface area contributed by atoms with Crippen LogP contribution in [-0.2, 0) is 16.0 Å². The molecular formula is C21H24N4O2. The standard InChI is InChI=1S/C21H24N4O2/c1-16(23-18-4-2-17(3-5-18)10-11-22)21(26)24-19-6-8-20(9-7-19)25-12-14-27-15-13-25/h2-9,16,23H,10,12-15H2,1H3,(H,24,26). The van der Waals surface area contributed by atoms with Crippen molar-refractivity contribution in [3.63, 3.8) is 0 Å². The molecule has 2 aromatic rings. The average Bonchev–Trinajstić information content (AvgIpc) is 2.71. The van der Waals surface area contributed by atoms with Crippen molar-refractivity contribution in [2.24, 2.45) is 0 Å². The highest BCUT2D eigenvalue weighted by Crippen LogP contribution is 2.19. The number of hydrogen-bond donors (Lipinski definition) is 2. The lowest BCUT2D eigenvalue weighted by Crippen LogP contribution is -2.36. The zero-order valence-electron chi connectivity index (χ0n) is 15.4. The second-order valence-electron chi connectivity index (χ2n) is 6.53. The molecule has 0 bridgehead atoms. The van der Waals surface area contributed by atoms with E-state index in [1.165, 1.54) is 0 Å². The van der Waals surface area contributed by atoms with Gasteiger partial charge in [-0.15, -0.1) is 0 Å². The van der Waals surface area contributed by atoms with E-state index in [1.54, 1.807) is 0 Å². The number of ether oxygens (including phenoxy) is 1. The Kier molecular flexibility index (Phi) is 6.29. The molecule has 6 heteroatoms. The Morgan fingerprint density at radius 2 is 1.74 bits per heavy atom. The van der Waals surface area contributed by atoms with Crippen molar-refractivity contribution >= 4 is 23.0 Å². The lowest BCUT2D eigenvalue weighted by molar-refractivity contribution is -0.116. The number of nitriles is 1. The lowest BCUT2D eigenvalue weighted by Gasteiger charge is -2.29. The molecule has 1 fully saturated rings. The van der Waals surface area contributed by atoms with Gasteiger partial charge in [0.05, 0.1) is 25.7 Å². The van der Waals surface area contributed by atoms with Gasteiger partial charge in [0, 0.05) is 30.2 Å². The van der Waals surface area contributed by atoms with E-state index in [0.29, 0.717) is 6.42 Å². The molecule has 0 aromatic heterocycles. The normalized spacial score (nSPS) is 14.9. The molecular weight excluding hydrogens is 340 g/mol. The van der Waals surface area contributed by atoms with E-state index in [1.807, 2.05) is 55.5 Å². The van der Waals surface area contributed by atoms with Gasteiger partial charge >= 0.3 is 0 Å². The number of benzene rings is 2. The Morgan fingerprint density at radius 1 is 1.11 bits per heavy atom. The maximum absolute atomic E-state index is 12.4. The van der Waals surface area contributed by atoms with Gasteiger partial charge in [-0.3, -0.25) is 4.79 Å². The van der Waals surface area contributed by atoms with Crippen molar-refractivity contribution in [1.82, 2.24) is 0 Å². The number of carbonyl (C=O) groups is 1. The molecule has 27 heavy (non-hydrogen) atoms. The summed E-state index contributed by atoms with van der Waals surface area (Å²) in [5.74, 6) is -0.102. The maximum atomic E-state index is 12.4. The summed E-state index contributed by atoms with van der Waals surface area (Å²) in [5, 5.41) is 14.8. The number of rotatable bonds is 6. The van der Waals surface area contributed by atoms with Crippen LogP contribution in [0.2, 0.25) is 0 Å². The van der Waals surface area contributed by atoms with Crippen LogP contribution in [0.5, 0.6) is 0 Å². The van der Waals surface area contributed by atoms with E-state index < -0.39 is 0 Å². The van der Waals surface area contributed by atoms with Gasteiger partial charge in [-0.25, -0.2) is 0 Å². The quantitative estimate of drug-likeness (QED) is 0.824. The number of nitrogens with one attached hydrogen (secondary N) is 2. The molecule has 0 radical (unpaired) electrons. The second kappa shape index (κ2) is 9.06. The number of anilines is 3. The largest absolute Gasteiger partial charge is 0.378 e. The van der Waals surface area contributed by atoms with E-state index >= 15 is 0 Å². The molecule has 1 saturated heterocycles. The Bertz CT molecular complexity index is 790. The molecule has 1 aliphatic heterocycles. The highest BCUT2D eigenvalue weighted by atomic mass is 16.5. The number of carbonyl (C=O) groups excluding carboxylic acids is 1. The number of amides is 1. The maximum Gasteiger partial charge on any atom is 0.246 e. The molecule has 1 atom stereocenters. The van der Waals surface area contributed by atoms with E-state index in [0.717, 1.165) is 48.9 Å². The third-order valence-electron chi connectivity index (χ3n) is 4.52. The summed E-state index contributed by atoms with van der Waals surface area (Å²) < 4.78 is 5.37. The summed E-state index contributed by atoms with van der Waals surface area (Å²) in [7, 11) is 0. The molecule has 2 N–H and O–H groups in total.